The average molecular weight is 393 g/mol. The molecular formula is C20H32N4O2S. The Balaban J connectivity index is 1.52. The number of aryl methyl sites for hydroxylation is 1. The normalized spacial score (nSPS) is 20.2. The van der Waals surface area contributed by atoms with Crippen LogP contribution in [0.2, 0.25) is 0 Å². The fourth-order valence-electron chi connectivity index (χ4n) is 3.48. The van der Waals surface area contributed by atoms with Crippen LogP contribution in [0.25, 0.3) is 0 Å². The van der Waals surface area contributed by atoms with Gasteiger partial charge in [-0.1, -0.05) is 11.6 Å². The minimum atomic E-state index is 0.351. The van der Waals surface area contributed by atoms with Gasteiger partial charge in [0.25, 0.3) is 0 Å². The van der Waals surface area contributed by atoms with Gasteiger partial charge in [0.1, 0.15) is 0 Å². The SMILES string of the molecule is CN=C(NCCC1=CCOCC1)NCC(c1ccc(C)s1)N1CCOCC1. The highest BCUT2D eigenvalue weighted by Crippen LogP contribution is 2.27. The second-order valence-electron chi connectivity index (χ2n) is 6.93. The van der Waals surface area contributed by atoms with E-state index in [2.05, 4.69) is 45.7 Å². The molecule has 0 spiro atoms. The minimum absolute atomic E-state index is 0.351. The van der Waals surface area contributed by atoms with E-state index in [9.17, 15) is 0 Å². The first-order valence-corrected chi connectivity index (χ1v) is 10.7. The predicted octanol–water partition coefficient (Wildman–Crippen LogP) is 2.33. The summed E-state index contributed by atoms with van der Waals surface area (Å²) in [7, 11) is 1.84. The zero-order valence-electron chi connectivity index (χ0n) is 16.5. The standard InChI is InChI=1S/C20H32N4O2S/c1-16-3-4-19(27-16)18(24-9-13-26-14-10-24)15-23-20(21-2)22-8-5-17-6-11-25-12-7-17/h3-4,6,18H,5,7-15H2,1-2H3,(H2,21,22,23). The van der Waals surface area contributed by atoms with Crippen LogP contribution in [0.15, 0.2) is 28.8 Å². The van der Waals surface area contributed by atoms with Crippen molar-refractivity contribution in [3.8, 4) is 0 Å². The van der Waals surface area contributed by atoms with E-state index in [1.165, 1.54) is 15.3 Å². The lowest BCUT2D eigenvalue weighted by Crippen LogP contribution is -2.46. The first-order valence-electron chi connectivity index (χ1n) is 9.84. The minimum Gasteiger partial charge on any atom is -0.379 e. The number of aliphatic imine (C=N–C) groups is 1. The molecule has 3 rings (SSSR count). The van der Waals surface area contributed by atoms with Gasteiger partial charge in [-0.3, -0.25) is 9.89 Å². The number of nitrogens with zero attached hydrogens (tertiary/aromatic N) is 2. The molecule has 0 radical (unpaired) electrons. The summed E-state index contributed by atoms with van der Waals surface area (Å²) in [6, 6.07) is 4.82. The Labute approximate surface area is 166 Å². The maximum atomic E-state index is 5.54. The zero-order valence-corrected chi connectivity index (χ0v) is 17.3. The van der Waals surface area contributed by atoms with Gasteiger partial charge in [-0.15, -0.1) is 11.3 Å². The van der Waals surface area contributed by atoms with E-state index in [4.69, 9.17) is 9.47 Å². The Bertz CT molecular complexity index is 638. The second kappa shape index (κ2) is 10.8. The van der Waals surface area contributed by atoms with Crippen molar-refractivity contribution in [3.05, 3.63) is 33.5 Å². The molecule has 0 amide bonds. The summed E-state index contributed by atoms with van der Waals surface area (Å²) in [5, 5.41) is 6.98. The van der Waals surface area contributed by atoms with E-state index >= 15 is 0 Å². The van der Waals surface area contributed by atoms with Crippen molar-refractivity contribution in [2.24, 2.45) is 4.99 Å². The van der Waals surface area contributed by atoms with Crippen LogP contribution in [0.1, 0.15) is 28.6 Å². The molecule has 1 aromatic heterocycles. The van der Waals surface area contributed by atoms with Crippen LogP contribution in [-0.2, 0) is 9.47 Å². The van der Waals surface area contributed by atoms with Gasteiger partial charge in [0.15, 0.2) is 5.96 Å². The summed E-state index contributed by atoms with van der Waals surface area (Å²) in [6.45, 7) is 9.09. The van der Waals surface area contributed by atoms with Crippen LogP contribution in [-0.4, -0.2) is 70.5 Å². The van der Waals surface area contributed by atoms with E-state index in [1.807, 2.05) is 18.4 Å². The highest BCUT2D eigenvalue weighted by atomic mass is 32.1. The number of thiophene rings is 1. The quantitative estimate of drug-likeness (QED) is 0.424. The molecule has 0 aliphatic carbocycles. The first-order chi connectivity index (χ1) is 13.3. The Hall–Kier alpha value is -1.41. The third kappa shape index (κ3) is 6.31. The Morgan fingerprint density at radius 3 is 2.74 bits per heavy atom. The fraction of sp³-hybridized carbons (Fsp3) is 0.650. The molecule has 6 nitrogen and oxygen atoms in total. The average Bonchev–Trinajstić information content (AvgIpc) is 3.14. The third-order valence-electron chi connectivity index (χ3n) is 5.06. The number of ether oxygens (including phenoxy) is 2. The van der Waals surface area contributed by atoms with Gasteiger partial charge in [0.2, 0.25) is 0 Å². The lowest BCUT2D eigenvalue weighted by Gasteiger charge is -2.34. The zero-order chi connectivity index (χ0) is 18.9. The summed E-state index contributed by atoms with van der Waals surface area (Å²) >= 11 is 1.88. The molecule has 0 aromatic carbocycles. The van der Waals surface area contributed by atoms with Crippen molar-refractivity contribution in [1.82, 2.24) is 15.5 Å². The molecule has 1 fully saturated rings. The van der Waals surface area contributed by atoms with E-state index in [1.54, 1.807) is 0 Å². The number of hydrogen-bond acceptors (Lipinski definition) is 5. The number of morpholine rings is 1. The molecule has 1 atom stereocenters. The molecule has 0 saturated carbocycles. The van der Waals surface area contributed by atoms with E-state index in [0.717, 1.165) is 71.4 Å². The van der Waals surface area contributed by atoms with Crippen molar-refractivity contribution in [2.75, 3.05) is 59.7 Å². The molecule has 1 unspecified atom stereocenters. The smallest absolute Gasteiger partial charge is 0.191 e. The molecule has 150 valence electrons. The van der Waals surface area contributed by atoms with Crippen LogP contribution in [0, 0.1) is 6.92 Å². The lowest BCUT2D eigenvalue weighted by atomic mass is 10.1. The number of guanidine groups is 1. The molecule has 2 aliphatic rings. The molecule has 1 saturated heterocycles. The molecule has 2 N–H and O–H groups in total. The van der Waals surface area contributed by atoms with Gasteiger partial charge in [-0.25, -0.2) is 0 Å². The van der Waals surface area contributed by atoms with Crippen LogP contribution in [0.5, 0.6) is 0 Å². The van der Waals surface area contributed by atoms with Crippen molar-refractivity contribution >= 4 is 17.3 Å². The van der Waals surface area contributed by atoms with Crippen molar-refractivity contribution < 1.29 is 9.47 Å². The highest BCUT2D eigenvalue weighted by molar-refractivity contribution is 7.12. The van der Waals surface area contributed by atoms with Gasteiger partial charge in [0, 0.05) is 43.0 Å². The molecule has 7 heteroatoms. The molecule has 0 bridgehead atoms. The van der Waals surface area contributed by atoms with Crippen molar-refractivity contribution in [3.63, 3.8) is 0 Å². The monoisotopic (exact) mass is 392 g/mol. The molecular weight excluding hydrogens is 360 g/mol. The van der Waals surface area contributed by atoms with Crippen molar-refractivity contribution in [1.29, 1.82) is 0 Å². The fourth-order valence-corrected chi connectivity index (χ4v) is 4.49. The topological polar surface area (TPSA) is 58.1 Å². The Kier molecular flexibility index (Phi) is 8.13. The molecule has 2 aliphatic heterocycles. The molecule has 3 heterocycles. The van der Waals surface area contributed by atoms with Gasteiger partial charge in [-0.2, -0.15) is 0 Å². The summed E-state index contributed by atoms with van der Waals surface area (Å²) in [5.41, 5.74) is 1.48. The van der Waals surface area contributed by atoms with Gasteiger partial charge in [-0.05, 0) is 31.9 Å². The number of hydrogen-bond donors (Lipinski definition) is 2. The van der Waals surface area contributed by atoms with Gasteiger partial charge < -0.3 is 20.1 Å². The third-order valence-corrected chi connectivity index (χ3v) is 6.16. The highest BCUT2D eigenvalue weighted by Gasteiger charge is 2.24. The van der Waals surface area contributed by atoms with Crippen LogP contribution in [0.4, 0.5) is 0 Å². The maximum absolute atomic E-state index is 5.54. The largest absolute Gasteiger partial charge is 0.379 e. The van der Waals surface area contributed by atoms with Crippen LogP contribution in [0.3, 0.4) is 0 Å². The van der Waals surface area contributed by atoms with Crippen molar-refractivity contribution in [2.45, 2.75) is 25.8 Å². The number of nitrogens with one attached hydrogen (secondary N) is 2. The summed E-state index contributed by atoms with van der Waals surface area (Å²) < 4.78 is 10.9. The predicted molar refractivity (Wildman–Crippen MR) is 112 cm³/mol. The summed E-state index contributed by atoms with van der Waals surface area (Å²) in [5.74, 6) is 0.870. The number of rotatable bonds is 7. The van der Waals surface area contributed by atoms with E-state index in [0.29, 0.717) is 6.04 Å². The Morgan fingerprint density at radius 1 is 1.22 bits per heavy atom. The van der Waals surface area contributed by atoms with Gasteiger partial charge in [0.05, 0.1) is 32.5 Å². The summed E-state index contributed by atoms with van der Waals surface area (Å²) in [6.07, 6.45) is 4.29. The Morgan fingerprint density at radius 2 is 2.07 bits per heavy atom. The molecule has 27 heavy (non-hydrogen) atoms. The van der Waals surface area contributed by atoms with E-state index in [-0.39, 0.29) is 0 Å². The molecule has 1 aromatic rings. The summed E-state index contributed by atoms with van der Waals surface area (Å²) in [4.78, 5) is 9.68. The van der Waals surface area contributed by atoms with E-state index < -0.39 is 0 Å². The van der Waals surface area contributed by atoms with Crippen LogP contribution < -0.4 is 10.6 Å². The van der Waals surface area contributed by atoms with Gasteiger partial charge >= 0.3 is 0 Å². The lowest BCUT2D eigenvalue weighted by molar-refractivity contribution is 0.0177. The maximum Gasteiger partial charge on any atom is 0.191 e. The second-order valence-corrected chi connectivity index (χ2v) is 8.25. The van der Waals surface area contributed by atoms with Crippen LogP contribution >= 0.6 is 11.3 Å². The first kappa shape index (κ1) is 20.3.